The van der Waals surface area contributed by atoms with Crippen LogP contribution in [-0.4, -0.2) is 36.9 Å². The van der Waals surface area contributed by atoms with Gasteiger partial charge in [-0.2, -0.15) is 0 Å². The Morgan fingerprint density at radius 3 is 2.38 bits per heavy atom. The molecule has 5 rings (SSSR count). The first-order chi connectivity index (χ1) is 18.8. The highest BCUT2D eigenvalue weighted by molar-refractivity contribution is 5.92. The number of fused-ring (bicyclic) bond motifs is 1. The van der Waals surface area contributed by atoms with Gasteiger partial charge in [0.2, 0.25) is 0 Å². The molecular weight excluding hydrogens is 507 g/mol. The van der Waals surface area contributed by atoms with Crippen LogP contribution in [0.3, 0.4) is 0 Å². The summed E-state index contributed by atoms with van der Waals surface area (Å²) in [6.07, 6.45) is -1.50. The number of nitrogens with zero attached hydrogens (tertiary/aromatic N) is 2. The zero-order valence-electron chi connectivity index (χ0n) is 21.2. The molecule has 1 amide bonds. The summed E-state index contributed by atoms with van der Waals surface area (Å²) < 4.78 is 46.6. The van der Waals surface area contributed by atoms with E-state index in [9.17, 15) is 18.0 Å². The van der Waals surface area contributed by atoms with Crippen molar-refractivity contribution >= 4 is 28.3 Å². The lowest BCUT2D eigenvalue weighted by molar-refractivity contribution is -0.274. The van der Waals surface area contributed by atoms with E-state index >= 15 is 0 Å². The summed E-state index contributed by atoms with van der Waals surface area (Å²) in [5.74, 6) is 1.19. The van der Waals surface area contributed by atoms with Crippen LogP contribution in [0.25, 0.3) is 10.9 Å². The molecule has 3 aromatic carbocycles. The summed E-state index contributed by atoms with van der Waals surface area (Å²) in [7, 11) is 0. The molecule has 0 atom stereocenters. The minimum atomic E-state index is -4.77. The van der Waals surface area contributed by atoms with Gasteiger partial charge in [-0.1, -0.05) is 42.5 Å². The van der Waals surface area contributed by atoms with Gasteiger partial charge in [-0.05, 0) is 73.2 Å². The second kappa shape index (κ2) is 11.6. The standard InChI is InChI=1S/C30H28F3N3O3/c31-30(32,33)39-25-12-10-24(11-13-25)34-28(37)20-38-26-8-4-7-23-9-14-27(35-29(23)26)36-17-15-22(16-18-36)19-21-5-2-1-3-6-21/h1-14,22H,15-20H2,(H,34,37). The van der Waals surface area contributed by atoms with Crippen molar-refractivity contribution in [2.75, 3.05) is 29.9 Å². The molecule has 9 heteroatoms. The lowest BCUT2D eigenvalue weighted by Crippen LogP contribution is -2.34. The Labute approximate surface area is 224 Å². The van der Waals surface area contributed by atoms with Gasteiger partial charge in [0.25, 0.3) is 5.91 Å². The van der Waals surface area contributed by atoms with E-state index in [4.69, 9.17) is 9.72 Å². The van der Waals surface area contributed by atoms with Crippen LogP contribution in [-0.2, 0) is 11.2 Å². The number of carbonyl (C=O) groups excluding carboxylic acids is 1. The van der Waals surface area contributed by atoms with Crippen molar-refractivity contribution in [1.82, 2.24) is 4.98 Å². The van der Waals surface area contributed by atoms with Crippen molar-refractivity contribution in [1.29, 1.82) is 0 Å². The molecule has 1 N–H and O–H groups in total. The molecule has 0 unspecified atom stereocenters. The van der Waals surface area contributed by atoms with E-state index < -0.39 is 12.3 Å². The highest BCUT2D eigenvalue weighted by Gasteiger charge is 2.31. The Hall–Kier alpha value is -4.27. The van der Waals surface area contributed by atoms with Crippen LogP contribution < -0.4 is 19.7 Å². The lowest BCUT2D eigenvalue weighted by atomic mass is 9.90. The lowest BCUT2D eigenvalue weighted by Gasteiger charge is -2.33. The highest BCUT2D eigenvalue weighted by Crippen LogP contribution is 2.30. The first kappa shape index (κ1) is 26.3. The number of hydrogen-bond acceptors (Lipinski definition) is 5. The monoisotopic (exact) mass is 535 g/mol. The van der Waals surface area contributed by atoms with Crippen LogP contribution in [0.1, 0.15) is 18.4 Å². The maximum Gasteiger partial charge on any atom is 0.573 e. The van der Waals surface area contributed by atoms with E-state index in [-0.39, 0.29) is 12.4 Å². The molecule has 1 aliphatic rings. The number of piperidine rings is 1. The molecule has 1 aromatic heterocycles. The second-order valence-corrected chi connectivity index (χ2v) is 9.53. The maximum absolute atomic E-state index is 12.4. The van der Waals surface area contributed by atoms with Crippen LogP contribution in [0.5, 0.6) is 11.5 Å². The molecule has 1 saturated heterocycles. The van der Waals surface area contributed by atoms with Gasteiger partial charge < -0.3 is 19.7 Å². The first-order valence-electron chi connectivity index (χ1n) is 12.8. The predicted molar refractivity (Wildman–Crippen MR) is 144 cm³/mol. The SMILES string of the molecule is O=C(COc1cccc2ccc(N3CCC(Cc4ccccc4)CC3)nc12)Nc1ccc(OC(F)(F)F)cc1. The van der Waals surface area contributed by atoms with E-state index in [0.29, 0.717) is 22.9 Å². The topological polar surface area (TPSA) is 63.7 Å². The van der Waals surface area contributed by atoms with Crippen LogP contribution in [0.2, 0.25) is 0 Å². The number of hydrogen-bond donors (Lipinski definition) is 1. The van der Waals surface area contributed by atoms with E-state index in [2.05, 4.69) is 39.2 Å². The summed E-state index contributed by atoms with van der Waals surface area (Å²) in [6, 6.07) is 25.1. The Balaban J connectivity index is 1.19. The van der Waals surface area contributed by atoms with Crippen molar-refractivity contribution in [2.24, 2.45) is 5.92 Å². The molecule has 1 aliphatic heterocycles. The number of para-hydroxylation sites is 1. The fourth-order valence-corrected chi connectivity index (χ4v) is 4.80. The molecule has 0 radical (unpaired) electrons. The Morgan fingerprint density at radius 2 is 1.67 bits per heavy atom. The van der Waals surface area contributed by atoms with E-state index in [1.165, 1.54) is 17.7 Å². The fourth-order valence-electron chi connectivity index (χ4n) is 4.80. The van der Waals surface area contributed by atoms with Crippen molar-refractivity contribution in [3.8, 4) is 11.5 Å². The second-order valence-electron chi connectivity index (χ2n) is 9.53. The van der Waals surface area contributed by atoms with Crippen LogP contribution in [0.15, 0.2) is 84.9 Å². The molecule has 0 bridgehead atoms. The number of carbonyl (C=O) groups is 1. The molecule has 0 spiro atoms. The number of anilines is 2. The van der Waals surface area contributed by atoms with Crippen molar-refractivity contribution in [2.45, 2.75) is 25.6 Å². The van der Waals surface area contributed by atoms with Gasteiger partial charge >= 0.3 is 6.36 Å². The molecule has 6 nitrogen and oxygen atoms in total. The van der Waals surface area contributed by atoms with Gasteiger partial charge in [-0.3, -0.25) is 4.79 Å². The third-order valence-electron chi connectivity index (χ3n) is 6.70. The molecule has 39 heavy (non-hydrogen) atoms. The van der Waals surface area contributed by atoms with Crippen LogP contribution >= 0.6 is 0 Å². The maximum atomic E-state index is 12.4. The molecule has 0 aliphatic carbocycles. The summed E-state index contributed by atoms with van der Waals surface area (Å²) >= 11 is 0. The fraction of sp³-hybridized carbons (Fsp3) is 0.267. The average Bonchev–Trinajstić information content (AvgIpc) is 2.93. The van der Waals surface area contributed by atoms with Gasteiger partial charge in [0, 0.05) is 24.2 Å². The molecule has 0 saturated carbocycles. The van der Waals surface area contributed by atoms with E-state index in [1.54, 1.807) is 6.07 Å². The molecule has 202 valence electrons. The average molecular weight is 536 g/mol. The zero-order chi connectivity index (χ0) is 27.2. The summed E-state index contributed by atoms with van der Waals surface area (Å²) in [5, 5.41) is 3.50. The van der Waals surface area contributed by atoms with Crippen molar-refractivity contribution in [3.63, 3.8) is 0 Å². The minimum Gasteiger partial charge on any atom is -0.481 e. The number of nitrogens with one attached hydrogen (secondary N) is 1. The van der Waals surface area contributed by atoms with Crippen LogP contribution in [0, 0.1) is 5.92 Å². The molecule has 2 heterocycles. The number of alkyl halides is 3. The van der Waals surface area contributed by atoms with Crippen LogP contribution in [0.4, 0.5) is 24.7 Å². The van der Waals surface area contributed by atoms with Crippen molar-refractivity contribution in [3.05, 3.63) is 90.5 Å². The normalized spacial score (nSPS) is 14.3. The van der Waals surface area contributed by atoms with Crippen molar-refractivity contribution < 1.29 is 27.4 Å². The Kier molecular flexibility index (Phi) is 7.86. The number of amides is 1. The predicted octanol–water partition coefficient (Wildman–Crippen LogP) is 6.61. The first-order valence-corrected chi connectivity index (χ1v) is 12.8. The van der Waals surface area contributed by atoms with Gasteiger partial charge in [0.05, 0.1) is 0 Å². The number of ether oxygens (including phenoxy) is 2. The summed E-state index contributed by atoms with van der Waals surface area (Å²) in [5.41, 5.74) is 2.37. The smallest absolute Gasteiger partial charge is 0.481 e. The zero-order valence-corrected chi connectivity index (χ0v) is 21.2. The Morgan fingerprint density at radius 1 is 0.923 bits per heavy atom. The van der Waals surface area contributed by atoms with Gasteiger partial charge in [-0.15, -0.1) is 13.2 Å². The number of halogens is 3. The van der Waals surface area contributed by atoms with Gasteiger partial charge in [0.15, 0.2) is 6.61 Å². The third-order valence-corrected chi connectivity index (χ3v) is 6.70. The quantitative estimate of drug-likeness (QED) is 0.275. The van der Waals surface area contributed by atoms with Gasteiger partial charge in [0.1, 0.15) is 22.8 Å². The third kappa shape index (κ3) is 7.19. The highest BCUT2D eigenvalue weighted by atomic mass is 19.4. The summed E-state index contributed by atoms with van der Waals surface area (Å²) in [4.78, 5) is 19.6. The molecule has 1 fully saturated rings. The number of pyridine rings is 1. The number of aromatic nitrogens is 1. The van der Waals surface area contributed by atoms with E-state index in [1.807, 2.05) is 30.3 Å². The number of benzene rings is 3. The number of rotatable bonds is 8. The summed E-state index contributed by atoms with van der Waals surface area (Å²) in [6.45, 7) is 1.57. The van der Waals surface area contributed by atoms with Gasteiger partial charge in [-0.25, -0.2) is 4.98 Å². The minimum absolute atomic E-state index is 0.281. The largest absolute Gasteiger partial charge is 0.573 e. The van der Waals surface area contributed by atoms with E-state index in [0.717, 1.165) is 55.7 Å². The molecule has 4 aromatic rings. The molecular formula is C30H28F3N3O3. The Bertz CT molecular complexity index is 1400.